The van der Waals surface area contributed by atoms with Gasteiger partial charge in [0.2, 0.25) is 11.8 Å². The molecule has 1 atom stereocenters. The monoisotopic (exact) mass is 299 g/mol. The summed E-state index contributed by atoms with van der Waals surface area (Å²) in [6, 6.07) is -0.333. The van der Waals surface area contributed by atoms with Gasteiger partial charge in [-0.05, 0) is 31.6 Å². The van der Waals surface area contributed by atoms with Crippen molar-refractivity contribution in [2.45, 2.75) is 57.7 Å². The standard InChI is InChI=1S/C15H29N3O3/c1-10(2)14(16)15(20)17-9-13(19)18(3)11-5-7-12(21-4)8-6-11/h10-12,14H,5-9,16H2,1-4H3,(H,17,20)/t11?,12?,14-/m0/s1. The highest BCUT2D eigenvalue weighted by molar-refractivity contribution is 5.87. The van der Waals surface area contributed by atoms with Crippen LogP contribution in [-0.4, -0.2) is 55.6 Å². The van der Waals surface area contributed by atoms with E-state index >= 15 is 0 Å². The van der Waals surface area contributed by atoms with Gasteiger partial charge in [0.1, 0.15) is 0 Å². The maximum absolute atomic E-state index is 12.1. The van der Waals surface area contributed by atoms with Crippen molar-refractivity contribution < 1.29 is 14.3 Å². The lowest BCUT2D eigenvalue weighted by molar-refractivity contribution is -0.134. The van der Waals surface area contributed by atoms with E-state index in [0.29, 0.717) is 6.10 Å². The normalized spacial score (nSPS) is 23.7. The molecule has 0 bridgehead atoms. The summed E-state index contributed by atoms with van der Waals surface area (Å²) in [4.78, 5) is 25.6. The summed E-state index contributed by atoms with van der Waals surface area (Å²) in [5.74, 6) is -0.280. The number of methoxy groups -OCH3 is 1. The van der Waals surface area contributed by atoms with Crippen molar-refractivity contribution in [2.24, 2.45) is 11.7 Å². The maximum atomic E-state index is 12.1. The summed E-state index contributed by atoms with van der Waals surface area (Å²) in [5.41, 5.74) is 5.74. The first-order valence-corrected chi connectivity index (χ1v) is 7.68. The fraction of sp³-hybridized carbons (Fsp3) is 0.867. The zero-order chi connectivity index (χ0) is 16.0. The van der Waals surface area contributed by atoms with Crippen LogP contribution in [0.5, 0.6) is 0 Å². The lowest BCUT2D eigenvalue weighted by Crippen LogP contribution is -2.49. The highest BCUT2D eigenvalue weighted by Crippen LogP contribution is 2.23. The highest BCUT2D eigenvalue weighted by Gasteiger charge is 2.27. The predicted octanol–water partition coefficient (Wildman–Crippen LogP) is 0.502. The van der Waals surface area contributed by atoms with Crippen molar-refractivity contribution >= 4 is 11.8 Å². The van der Waals surface area contributed by atoms with Crippen LogP contribution < -0.4 is 11.1 Å². The molecular formula is C15H29N3O3. The highest BCUT2D eigenvalue weighted by atomic mass is 16.5. The van der Waals surface area contributed by atoms with Crippen LogP contribution in [0.3, 0.4) is 0 Å². The molecule has 1 fully saturated rings. The van der Waals surface area contributed by atoms with Crippen LogP contribution in [0.15, 0.2) is 0 Å². The van der Waals surface area contributed by atoms with Crippen LogP contribution in [0, 0.1) is 5.92 Å². The van der Waals surface area contributed by atoms with Crippen molar-refractivity contribution in [3.63, 3.8) is 0 Å². The summed E-state index contributed by atoms with van der Waals surface area (Å²) in [6.45, 7) is 3.78. The molecule has 6 nitrogen and oxygen atoms in total. The minimum Gasteiger partial charge on any atom is -0.381 e. The largest absolute Gasteiger partial charge is 0.381 e. The van der Waals surface area contributed by atoms with E-state index in [1.165, 1.54) is 0 Å². The summed E-state index contributed by atoms with van der Waals surface area (Å²) in [6.07, 6.45) is 4.15. The number of hydrogen-bond donors (Lipinski definition) is 2. The molecule has 0 aromatic carbocycles. The summed E-state index contributed by atoms with van der Waals surface area (Å²) < 4.78 is 5.33. The first-order valence-electron chi connectivity index (χ1n) is 7.68. The van der Waals surface area contributed by atoms with Crippen molar-refractivity contribution in [3.05, 3.63) is 0 Å². The first kappa shape index (κ1) is 17.9. The lowest BCUT2D eigenvalue weighted by atomic mass is 9.92. The fourth-order valence-corrected chi connectivity index (χ4v) is 2.58. The zero-order valence-electron chi connectivity index (χ0n) is 13.6. The zero-order valence-corrected chi connectivity index (χ0v) is 13.6. The molecule has 0 aliphatic heterocycles. The van der Waals surface area contributed by atoms with Crippen LogP contribution in [0.25, 0.3) is 0 Å². The molecule has 0 aromatic heterocycles. The predicted molar refractivity (Wildman–Crippen MR) is 81.6 cm³/mol. The Labute approximate surface area is 127 Å². The average molecular weight is 299 g/mol. The lowest BCUT2D eigenvalue weighted by Gasteiger charge is -2.34. The van der Waals surface area contributed by atoms with E-state index in [4.69, 9.17) is 10.5 Å². The van der Waals surface area contributed by atoms with E-state index in [2.05, 4.69) is 5.32 Å². The van der Waals surface area contributed by atoms with Gasteiger partial charge in [0, 0.05) is 20.2 Å². The molecule has 0 saturated heterocycles. The Hall–Kier alpha value is -1.14. The Morgan fingerprint density at radius 1 is 1.29 bits per heavy atom. The van der Waals surface area contributed by atoms with Gasteiger partial charge in [0.25, 0.3) is 0 Å². The summed E-state index contributed by atoms with van der Waals surface area (Å²) >= 11 is 0. The van der Waals surface area contributed by atoms with Gasteiger partial charge in [-0.2, -0.15) is 0 Å². The van der Waals surface area contributed by atoms with Crippen LogP contribution in [-0.2, 0) is 14.3 Å². The van der Waals surface area contributed by atoms with Gasteiger partial charge in [0.05, 0.1) is 18.7 Å². The maximum Gasteiger partial charge on any atom is 0.241 e. The number of nitrogens with one attached hydrogen (secondary N) is 1. The van der Waals surface area contributed by atoms with Gasteiger partial charge in [-0.15, -0.1) is 0 Å². The molecule has 0 radical (unpaired) electrons. The van der Waals surface area contributed by atoms with Gasteiger partial charge >= 0.3 is 0 Å². The van der Waals surface area contributed by atoms with E-state index < -0.39 is 6.04 Å². The molecule has 21 heavy (non-hydrogen) atoms. The minimum absolute atomic E-state index is 0.0138. The second-order valence-corrected chi connectivity index (χ2v) is 6.16. The third-order valence-corrected chi connectivity index (χ3v) is 4.35. The molecule has 3 N–H and O–H groups in total. The third-order valence-electron chi connectivity index (χ3n) is 4.35. The van der Waals surface area contributed by atoms with Crippen LogP contribution >= 0.6 is 0 Å². The molecule has 122 valence electrons. The topological polar surface area (TPSA) is 84.7 Å². The molecule has 1 saturated carbocycles. The molecule has 1 rings (SSSR count). The average Bonchev–Trinajstić information content (AvgIpc) is 2.50. The smallest absolute Gasteiger partial charge is 0.241 e. The van der Waals surface area contributed by atoms with Crippen LogP contribution in [0.1, 0.15) is 39.5 Å². The number of carbonyl (C=O) groups is 2. The fourth-order valence-electron chi connectivity index (χ4n) is 2.58. The van der Waals surface area contributed by atoms with Gasteiger partial charge in [-0.25, -0.2) is 0 Å². The summed E-state index contributed by atoms with van der Waals surface area (Å²) in [7, 11) is 3.53. The van der Waals surface area contributed by atoms with E-state index in [9.17, 15) is 9.59 Å². The van der Waals surface area contributed by atoms with E-state index in [1.54, 1.807) is 19.1 Å². The quantitative estimate of drug-likeness (QED) is 0.748. The number of hydrogen-bond acceptors (Lipinski definition) is 4. The van der Waals surface area contributed by atoms with E-state index in [1.807, 2.05) is 13.8 Å². The molecule has 1 aliphatic carbocycles. The number of rotatable bonds is 6. The molecule has 2 amide bonds. The SMILES string of the molecule is COC1CCC(N(C)C(=O)CNC(=O)[C@@H](N)C(C)C)CC1. The number of ether oxygens (including phenoxy) is 1. The van der Waals surface area contributed by atoms with E-state index in [-0.39, 0.29) is 30.3 Å². The Balaban J connectivity index is 2.36. The number of nitrogens with two attached hydrogens (primary N) is 1. The molecule has 1 aliphatic rings. The Kier molecular flexibility index (Phi) is 7.11. The molecule has 0 spiro atoms. The van der Waals surface area contributed by atoms with E-state index in [0.717, 1.165) is 25.7 Å². The first-order chi connectivity index (χ1) is 9.86. The summed E-state index contributed by atoms with van der Waals surface area (Å²) in [5, 5.41) is 2.62. The number of carbonyl (C=O) groups excluding carboxylic acids is 2. The molecule has 0 heterocycles. The molecule has 0 unspecified atom stereocenters. The third kappa shape index (κ3) is 5.28. The van der Waals surface area contributed by atoms with Crippen LogP contribution in [0.2, 0.25) is 0 Å². The Bertz CT molecular complexity index is 352. The molecule has 6 heteroatoms. The van der Waals surface area contributed by atoms with Crippen molar-refractivity contribution in [1.82, 2.24) is 10.2 Å². The second kappa shape index (κ2) is 8.34. The van der Waals surface area contributed by atoms with Gasteiger partial charge < -0.3 is 20.7 Å². The van der Waals surface area contributed by atoms with Crippen molar-refractivity contribution in [2.75, 3.05) is 20.7 Å². The second-order valence-electron chi connectivity index (χ2n) is 6.16. The minimum atomic E-state index is -0.569. The Morgan fingerprint density at radius 2 is 1.86 bits per heavy atom. The molecule has 0 aromatic rings. The van der Waals surface area contributed by atoms with Gasteiger partial charge in [-0.1, -0.05) is 13.8 Å². The van der Waals surface area contributed by atoms with Crippen molar-refractivity contribution in [3.8, 4) is 0 Å². The van der Waals surface area contributed by atoms with Crippen LogP contribution in [0.4, 0.5) is 0 Å². The number of nitrogens with zero attached hydrogens (tertiary/aromatic N) is 1. The van der Waals surface area contributed by atoms with Gasteiger partial charge in [-0.3, -0.25) is 9.59 Å². The van der Waals surface area contributed by atoms with Crippen molar-refractivity contribution in [1.29, 1.82) is 0 Å². The number of likely N-dealkylation sites (N-methyl/N-ethyl adjacent to an activating group) is 1. The number of amides is 2. The Morgan fingerprint density at radius 3 is 2.33 bits per heavy atom. The molecular weight excluding hydrogens is 270 g/mol. The van der Waals surface area contributed by atoms with Gasteiger partial charge in [0.15, 0.2) is 0 Å².